The lowest BCUT2D eigenvalue weighted by atomic mass is 10.1. The first-order chi connectivity index (χ1) is 21.2. The number of amides is 4. The minimum atomic E-state index is -4.71. The first-order valence-corrected chi connectivity index (χ1v) is 13.2. The number of alkyl halides is 6. The average molecular weight is 626 g/mol. The maximum Gasteiger partial charge on any atom is 0.416 e. The fraction of sp³-hybridized carbons (Fsp3) is 0.125. The molecule has 0 radical (unpaired) electrons. The molecule has 0 aromatic heterocycles. The van der Waals surface area contributed by atoms with Crippen LogP contribution in [0.2, 0.25) is 0 Å². The average Bonchev–Trinajstić information content (AvgIpc) is 3.11. The maximum atomic E-state index is 13.2. The van der Waals surface area contributed by atoms with Gasteiger partial charge in [0.25, 0.3) is 23.6 Å². The van der Waals surface area contributed by atoms with Crippen molar-refractivity contribution in [1.29, 1.82) is 0 Å². The van der Waals surface area contributed by atoms with Crippen molar-refractivity contribution in [3.05, 3.63) is 142 Å². The molecule has 230 valence electrons. The molecule has 1 heterocycles. The molecule has 0 bridgehead atoms. The normalized spacial score (nSPS) is 16.5. The first kappa shape index (κ1) is 31.0. The summed E-state index contributed by atoms with van der Waals surface area (Å²) in [5, 5.41) is 4.92. The van der Waals surface area contributed by atoms with Gasteiger partial charge in [-0.1, -0.05) is 36.4 Å². The van der Waals surface area contributed by atoms with Gasteiger partial charge in [0.15, 0.2) is 0 Å². The summed E-state index contributed by atoms with van der Waals surface area (Å²) in [6.45, 7) is -0.200. The Morgan fingerprint density at radius 1 is 0.689 bits per heavy atom. The van der Waals surface area contributed by atoms with E-state index in [-0.39, 0.29) is 40.2 Å². The van der Waals surface area contributed by atoms with Crippen LogP contribution in [0, 0.1) is 5.92 Å². The number of nitrogens with one attached hydrogen (secondary N) is 2. The number of nitrogens with zero attached hydrogens (tertiary/aromatic N) is 1. The van der Waals surface area contributed by atoms with Crippen LogP contribution in [0.5, 0.6) is 0 Å². The minimum Gasteiger partial charge on any atom is -0.322 e. The molecule has 5 rings (SSSR count). The fourth-order valence-electron chi connectivity index (χ4n) is 4.74. The van der Waals surface area contributed by atoms with Gasteiger partial charge in [0.1, 0.15) is 0 Å². The molecule has 3 aromatic rings. The second-order valence-corrected chi connectivity index (χ2v) is 10.1. The smallest absolute Gasteiger partial charge is 0.322 e. The topological polar surface area (TPSA) is 95.6 Å². The van der Waals surface area contributed by atoms with E-state index < -0.39 is 53.0 Å². The van der Waals surface area contributed by atoms with Crippen LogP contribution in [0.3, 0.4) is 0 Å². The summed E-state index contributed by atoms with van der Waals surface area (Å²) in [4.78, 5) is 52.8. The number of imide groups is 1. The summed E-state index contributed by atoms with van der Waals surface area (Å²) in [5.74, 6) is -3.72. The predicted molar refractivity (Wildman–Crippen MR) is 148 cm³/mol. The molecular formula is C32H21F6N3O4. The van der Waals surface area contributed by atoms with Gasteiger partial charge in [0.2, 0.25) is 0 Å². The third-order valence-corrected chi connectivity index (χ3v) is 6.92. The Bertz CT molecular complexity index is 1770. The molecule has 13 heteroatoms. The van der Waals surface area contributed by atoms with E-state index in [1.54, 1.807) is 12.1 Å². The number of carbonyl (C=O) groups is 4. The van der Waals surface area contributed by atoms with E-state index in [0.29, 0.717) is 12.1 Å². The number of benzene rings is 3. The van der Waals surface area contributed by atoms with Crippen LogP contribution in [-0.4, -0.2) is 35.1 Å². The molecule has 45 heavy (non-hydrogen) atoms. The Hall–Kier alpha value is -5.46. The number of allylic oxidation sites excluding steroid dienone is 2. The molecule has 7 nitrogen and oxygen atoms in total. The fourth-order valence-corrected chi connectivity index (χ4v) is 4.74. The number of hydrogen-bond acceptors (Lipinski definition) is 4. The second kappa shape index (κ2) is 11.9. The Labute approximate surface area is 251 Å². The van der Waals surface area contributed by atoms with Crippen molar-refractivity contribution in [2.75, 3.05) is 6.54 Å². The SMILES string of the molecule is O=C(NC1=CC(NC(=O)c2cccc(C(F)(F)F)c2)=CC(CN2C(=O)c3ccccc3C2=O)C=C1)c1cccc(C(F)(F)F)c1. The first-order valence-electron chi connectivity index (χ1n) is 13.2. The van der Waals surface area contributed by atoms with Crippen molar-refractivity contribution in [1.82, 2.24) is 15.5 Å². The summed E-state index contributed by atoms with van der Waals surface area (Å²) in [7, 11) is 0. The summed E-state index contributed by atoms with van der Waals surface area (Å²) < 4.78 is 79.2. The zero-order valence-electron chi connectivity index (χ0n) is 22.9. The zero-order valence-corrected chi connectivity index (χ0v) is 22.9. The molecule has 2 N–H and O–H groups in total. The van der Waals surface area contributed by atoms with E-state index in [4.69, 9.17) is 0 Å². The van der Waals surface area contributed by atoms with E-state index in [2.05, 4.69) is 10.6 Å². The highest BCUT2D eigenvalue weighted by molar-refractivity contribution is 6.21. The summed E-state index contributed by atoms with van der Waals surface area (Å²) in [6.07, 6.45) is -3.87. The number of fused-ring (bicyclic) bond motifs is 1. The second-order valence-electron chi connectivity index (χ2n) is 10.1. The van der Waals surface area contributed by atoms with E-state index in [0.717, 1.165) is 35.2 Å². The molecule has 0 saturated carbocycles. The van der Waals surface area contributed by atoms with Crippen molar-refractivity contribution in [3.8, 4) is 0 Å². The Balaban J connectivity index is 1.43. The van der Waals surface area contributed by atoms with Crippen molar-refractivity contribution in [2.45, 2.75) is 12.4 Å². The molecule has 2 aliphatic rings. The van der Waals surface area contributed by atoms with Gasteiger partial charge in [0.05, 0.1) is 22.3 Å². The molecule has 1 atom stereocenters. The van der Waals surface area contributed by atoms with E-state index >= 15 is 0 Å². The van der Waals surface area contributed by atoms with Crippen LogP contribution in [-0.2, 0) is 12.4 Å². The Morgan fingerprint density at radius 2 is 1.18 bits per heavy atom. The summed E-state index contributed by atoms with van der Waals surface area (Å²) in [6, 6.07) is 13.6. The van der Waals surface area contributed by atoms with Crippen LogP contribution in [0.4, 0.5) is 26.3 Å². The van der Waals surface area contributed by atoms with Crippen molar-refractivity contribution >= 4 is 23.6 Å². The lowest BCUT2D eigenvalue weighted by Crippen LogP contribution is -2.34. The molecular weight excluding hydrogens is 604 g/mol. The van der Waals surface area contributed by atoms with E-state index in [1.165, 1.54) is 42.5 Å². The number of rotatable bonds is 6. The minimum absolute atomic E-state index is 0.00198. The Kier molecular flexibility index (Phi) is 8.20. The molecule has 0 fully saturated rings. The van der Waals surface area contributed by atoms with Crippen LogP contribution in [0.25, 0.3) is 0 Å². The third-order valence-electron chi connectivity index (χ3n) is 6.92. The van der Waals surface area contributed by atoms with Gasteiger partial charge in [0, 0.05) is 35.0 Å². The molecule has 1 aliphatic heterocycles. The van der Waals surface area contributed by atoms with Crippen LogP contribution < -0.4 is 10.6 Å². The number of carbonyl (C=O) groups excluding carboxylic acids is 4. The van der Waals surface area contributed by atoms with Gasteiger partial charge < -0.3 is 10.6 Å². The quantitative estimate of drug-likeness (QED) is 0.255. The van der Waals surface area contributed by atoms with Crippen molar-refractivity contribution < 1.29 is 45.5 Å². The van der Waals surface area contributed by atoms with Crippen LogP contribution >= 0.6 is 0 Å². The number of halogens is 6. The van der Waals surface area contributed by atoms with Gasteiger partial charge in [-0.3, -0.25) is 24.1 Å². The molecule has 4 amide bonds. The highest BCUT2D eigenvalue weighted by Crippen LogP contribution is 2.31. The van der Waals surface area contributed by atoms with Gasteiger partial charge in [-0.25, -0.2) is 0 Å². The predicted octanol–water partition coefficient (Wildman–Crippen LogP) is 6.13. The molecule has 3 aromatic carbocycles. The van der Waals surface area contributed by atoms with Crippen LogP contribution in [0.15, 0.2) is 108 Å². The highest BCUT2D eigenvalue weighted by atomic mass is 19.4. The molecule has 1 unspecified atom stereocenters. The van der Waals surface area contributed by atoms with E-state index in [1.807, 2.05) is 0 Å². The summed E-state index contributed by atoms with van der Waals surface area (Å²) >= 11 is 0. The molecule has 1 aliphatic carbocycles. The van der Waals surface area contributed by atoms with Crippen molar-refractivity contribution in [3.63, 3.8) is 0 Å². The maximum absolute atomic E-state index is 13.2. The van der Waals surface area contributed by atoms with Crippen LogP contribution in [0.1, 0.15) is 52.6 Å². The zero-order chi connectivity index (χ0) is 32.5. The third kappa shape index (κ3) is 6.87. The molecule has 0 spiro atoms. The monoisotopic (exact) mass is 625 g/mol. The Morgan fingerprint density at radius 3 is 1.67 bits per heavy atom. The standard InChI is InChI=1S/C32H21F6N3O4/c33-31(34,35)21-7-3-5-19(14-21)27(42)39-23-12-11-18(17-41-29(44)25-9-1-2-10-26(25)30(41)45)13-24(16-23)40-28(43)20-6-4-8-22(15-20)32(36,37)38/h1-16,18H,17H2,(H,39,42)(H,40,43). The largest absolute Gasteiger partial charge is 0.416 e. The summed E-state index contributed by atoms with van der Waals surface area (Å²) in [5.41, 5.74) is -2.37. The lowest BCUT2D eigenvalue weighted by molar-refractivity contribution is -0.138. The highest BCUT2D eigenvalue weighted by Gasteiger charge is 2.36. The number of hydrogen-bond donors (Lipinski definition) is 2. The van der Waals surface area contributed by atoms with Gasteiger partial charge in [-0.15, -0.1) is 0 Å². The molecule has 0 saturated heterocycles. The van der Waals surface area contributed by atoms with Crippen molar-refractivity contribution in [2.24, 2.45) is 5.92 Å². The van der Waals surface area contributed by atoms with Gasteiger partial charge in [-0.2, -0.15) is 26.3 Å². The van der Waals surface area contributed by atoms with E-state index in [9.17, 15) is 45.5 Å². The lowest BCUT2D eigenvalue weighted by Gasteiger charge is -2.18. The van der Waals surface area contributed by atoms with Gasteiger partial charge in [-0.05, 0) is 60.7 Å². The van der Waals surface area contributed by atoms with Gasteiger partial charge >= 0.3 is 12.4 Å².